The number of anilines is 1. The Kier molecular flexibility index (Phi) is 5.28. The van der Waals surface area contributed by atoms with Gasteiger partial charge < -0.3 is 15.4 Å². The lowest BCUT2D eigenvalue weighted by molar-refractivity contribution is -0.121. The number of nitrogens with one attached hydrogen (secondary N) is 2. The van der Waals surface area contributed by atoms with E-state index in [4.69, 9.17) is 4.74 Å². The van der Waals surface area contributed by atoms with Gasteiger partial charge in [-0.15, -0.1) is 0 Å². The van der Waals surface area contributed by atoms with Gasteiger partial charge in [0.15, 0.2) is 0 Å². The van der Waals surface area contributed by atoms with Gasteiger partial charge >= 0.3 is 0 Å². The highest BCUT2D eigenvalue weighted by molar-refractivity contribution is 5.83. The summed E-state index contributed by atoms with van der Waals surface area (Å²) in [7, 11) is 1.55. The molecule has 94 valence electrons. The Bertz CT molecular complexity index is 375. The van der Waals surface area contributed by atoms with Gasteiger partial charge in [0.25, 0.3) is 0 Å². The third-order valence-electron chi connectivity index (χ3n) is 2.00. The minimum absolute atomic E-state index is 0.207. The van der Waals surface area contributed by atoms with Crippen molar-refractivity contribution in [2.75, 3.05) is 25.6 Å². The lowest BCUT2D eigenvalue weighted by Crippen LogP contribution is -2.39. The first kappa shape index (κ1) is 13.3. The summed E-state index contributed by atoms with van der Waals surface area (Å²) >= 11 is 0. The summed E-state index contributed by atoms with van der Waals surface area (Å²) in [6.45, 7) is 2.53. The number of carbonyl (C=O) groups is 1. The van der Waals surface area contributed by atoms with E-state index in [0.717, 1.165) is 12.4 Å². The molecule has 0 aromatic carbocycles. The molecular weight excluding hydrogens is 227 g/mol. The van der Waals surface area contributed by atoms with Crippen molar-refractivity contribution in [1.29, 1.82) is 0 Å². The number of hydrogen-bond donors (Lipinski definition) is 2. The quantitative estimate of drug-likeness (QED) is 0.549. The summed E-state index contributed by atoms with van der Waals surface area (Å²) in [4.78, 5) is 18.7. The number of hydrogen-bond acceptors (Lipinski definition) is 5. The number of carbonyl (C=O) groups excluding carboxylic acids is 1. The Hall–Kier alpha value is -1.76. The van der Waals surface area contributed by atoms with Crippen LogP contribution in [-0.2, 0) is 9.53 Å². The first-order chi connectivity index (χ1) is 8.13. The summed E-state index contributed by atoms with van der Waals surface area (Å²) in [6, 6.07) is 0.611. The monoisotopic (exact) mass is 242 g/mol. The fraction of sp³-hybridized carbons (Fsp3) is 0.500. The fourth-order valence-electron chi connectivity index (χ4n) is 1.13. The maximum atomic E-state index is 12.8. The second-order valence-electron chi connectivity index (χ2n) is 3.38. The summed E-state index contributed by atoms with van der Waals surface area (Å²) < 4.78 is 17.6. The van der Waals surface area contributed by atoms with Gasteiger partial charge in [-0.3, -0.25) is 4.79 Å². The van der Waals surface area contributed by atoms with Crippen LogP contribution in [0.15, 0.2) is 12.4 Å². The molecule has 7 heteroatoms. The molecule has 1 aromatic heterocycles. The Morgan fingerprint density at radius 3 is 3.00 bits per heavy atom. The molecule has 1 atom stereocenters. The molecule has 0 aliphatic carbocycles. The fourth-order valence-corrected chi connectivity index (χ4v) is 1.13. The van der Waals surface area contributed by atoms with Crippen molar-refractivity contribution in [3.05, 3.63) is 18.3 Å². The number of amides is 1. The minimum Gasteiger partial charge on any atom is -0.383 e. The van der Waals surface area contributed by atoms with Crippen molar-refractivity contribution in [2.24, 2.45) is 0 Å². The van der Waals surface area contributed by atoms with Crippen molar-refractivity contribution in [1.82, 2.24) is 15.3 Å². The molecule has 6 nitrogen and oxygen atoms in total. The van der Waals surface area contributed by atoms with E-state index in [-0.39, 0.29) is 11.7 Å². The molecule has 0 bridgehead atoms. The van der Waals surface area contributed by atoms with Crippen LogP contribution in [-0.4, -0.2) is 42.2 Å². The zero-order valence-corrected chi connectivity index (χ0v) is 9.74. The summed E-state index contributed by atoms with van der Waals surface area (Å²) in [5.41, 5.74) is 0. The van der Waals surface area contributed by atoms with Gasteiger partial charge in [0.05, 0.1) is 6.61 Å². The van der Waals surface area contributed by atoms with Crippen LogP contribution >= 0.6 is 0 Å². The van der Waals surface area contributed by atoms with Gasteiger partial charge in [-0.05, 0) is 6.92 Å². The lowest BCUT2D eigenvalue weighted by atomic mass is 10.3. The molecule has 1 amide bonds. The van der Waals surface area contributed by atoms with E-state index in [1.165, 1.54) is 0 Å². The molecule has 0 radical (unpaired) electrons. The van der Waals surface area contributed by atoms with Crippen LogP contribution in [0.4, 0.5) is 10.2 Å². The van der Waals surface area contributed by atoms with Gasteiger partial charge in [0.1, 0.15) is 18.2 Å². The highest BCUT2D eigenvalue weighted by Crippen LogP contribution is 2.04. The minimum atomic E-state index is -0.644. The number of methoxy groups -OCH3 is 1. The van der Waals surface area contributed by atoms with Crippen LogP contribution < -0.4 is 10.6 Å². The largest absolute Gasteiger partial charge is 0.383 e. The Balaban J connectivity index is 2.43. The molecular formula is C10H15FN4O2. The second kappa shape index (κ2) is 6.74. The number of halogens is 1. The number of ether oxygens (including phenoxy) is 1. The molecule has 0 aliphatic heterocycles. The molecule has 0 saturated carbocycles. The van der Waals surface area contributed by atoms with Gasteiger partial charge in [-0.25, -0.2) is 9.97 Å². The Morgan fingerprint density at radius 1 is 1.59 bits per heavy atom. The van der Waals surface area contributed by atoms with Crippen LogP contribution in [0.5, 0.6) is 0 Å². The standard InChI is InChI=1S/C10H15FN4O2/c1-7(10(16)12-3-4-17-2)15-9-5-8(11)13-6-14-9/h5-7H,3-4H2,1-2H3,(H,12,16)(H,13,14,15). The predicted molar refractivity (Wildman–Crippen MR) is 60.0 cm³/mol. The van der Waals surface area contributed by atoms with Crippen molar-refractivity contribution in [2.45, 2.75) is 13.0 Å². The number of nitrogens with zero attached hydrogens (tertiary/aromatic N) is 2. The number of rotatable bonds is 6. The van der Waals surface area contributed by atoms with Gasteiger partial charge in [-0.2, -0.15) is 4.39 Å². The van der Waals surface area contributed by atoms with E-state index in [2.05, 4.69) is 20.6 Å². The van der Waals surface area contributed by atoms with Crippen LogP contribution in [0, 0.1) is 5.95 Å². The summed E-state index contributed by atoms with van der Waals surface area (Å²) in [6.07, 6.45) is 1.09. The number of aromatic nitrogens is 2. The zero-order chi connectivity index (χ0) is 12.7. The molecule has 0 fully saturated rings. The van der Waals surface area contributed by atoms with E-state index >= 15 is 0 Å². The molecule has 1 unspecified atom stereocenters. The Morgan fingerprint density at radius 2 is 2.35 bits per heavy atom. The molecule has 0 aliphatic rings. The maximum Gasteiger partial charge on any atom is 0.242 e. The van der Waals surface area contributed by atoms with Gasteiger partial charge in [0.2, 0.25) is 11.9 Å². The first-order valence-electron chi connectivity index (χ1n) is 5.14. The van der Waals surface area contributed by atoms with Gasteiger partial charge in [0, 0.05) is 19.7 Å². The molecule has 0 spiro atoms. The van der Waals surface area contributed by atoms with Crippen LogP contribution in [0.1, 0.15) is 6.92 Å². The van der Waals surface area contributed by atoms with E-state index in [1.54, 1.807) is 14.0 Å². The first-order valence-corrected chi connectivity index (χ1v) is 5.14. The maximum absolute atomic E-state index is 12.8. The molecule has 1 rings (SSSR count). The van der Waals surface area contributed by atoms with E-state index in [9.17, 15) is 9.18 Å². The predicted octanol–water partition coefficient (Wildman–Crippen LogP) is 0.179. The zero-order valence-electron chi connectivity index (χ0n) is 9.74. The third kappa shape index (κ3) is 4.73. The normalized spacial score (nSPS) is 11.9. The van der Waals surface area contributed by atoms with Crippen LogP contribution in [0.25, 0.3) is 0 Å². The Labute approximate surface area is 98.6 Å². The van der Waals surface area contributed by atoms with Crippen LogP contribution in [0.2, 0.25) is 0 Å². The van der Waals surface area contributed by atoms with Crippen molar-refractivity contribution >= 4 is 11.7 Å². The topological polar surface area (TPSA) is 76.1 Å². The smallest absolute Gasteiger partial charge is 0.242 e. The van der Waals surface area contributed by atoms with Crippen LogP contribution in [0.3, 0.4) is 0 Å². The average Bonchev–Trinajstić information content (AvgIpc) is 2.29. The highest BCUT2D eigenvalue weighted by Gasteiger charge is 2.12. The lowest BCUT2D eigenvalue weighted by Gasteiger charge is -2.14. The van der Waals surface area contributed by atoms with Crippen molar-refractivity contribution < 1.29 is 13.9 Å². The average molecular weight is 242 g/mol. The molecule has 17 heavy (non-hydrogen) atoms. The molecule has 1 heterocycles. The van der Waals surface area contributed by atoms with E-state index in [1.807, 2.05) is 0 Å². The molecule has 1 aromatic rings. The second-order valence-corrected chi connectivity index (χ2v) is 3.38. The highest BCUT2D eigenvalue weighted by atomic mass is 19.1. The molecule has 2 N–H and O–H groups in total. The van der Waals surface area contributed by atoms with Crippen molar-refractivity contribution in [3.8, 4) is 0 Å². The summed E-state index contributed by atoms with van der Waals surface area (Å²) in [5, 5.41) is 5.42. The molecule has 0 saturated heterocycles. The van der Waals surface area contributed by atoms with Crippen molar-refractivity contribution in [3.63, 3.8) is 0 Å². The summed E-state index contributed by atoms with van der Waals surface area (Å²) in [5.74, 6) is -0.581. The van der Waals surface area contributed by atoms with E-state index in [0.29, 0.717) is 13.2 Å². The van der Waals surface area contributed by atoms with Gasteiger partial charge in [-0.1, -0.05) is 0 Å². The SMILES string of the molecule is COCCNC(=O)C(C)Nc1cc(F)ncn1. The third-order valence-corrected chi connectivity index (χ3v) is 2.00. The van der Waals surface area contributed by atoms with E-state index < -0.39 is 12.0 Å².